The second kappa shape index (κ2) is 6.05. The lowest BCUT2D eigenvalue weighted by Gasteiger charge is -2.21. The number of aromatic nitrogens is 3. The number of nitrogens with zero attached hydrogens (tertiary/aromatic N) is 4. The molecule has 0 radical (unpaired) electrons. The van der Waals surface area contributed by atoms with E-state index < -0.39 is 0 Å². The average Bonchev–Trinajstić information content (AvgIpc) is 2.83. The zero-order valence-corrected chi connectivity index (χ0v) is 12.8. The van der Waals surface area contributed by atoms with Crippen LogP contribution in [-0.4, -0.2) is 37.3 Å². The molecular weight excluding hydrogens is 268 g/mol. The van der Waals surface area contributed by atoms with E-state index >= 15 is 0 Å². The molecule has 2 aromatic heterocycles. The first kappa shape index (κ1) is 15.2. The third-order valence-electron chi connectivity index (χ3n) is 3.42. The molecule has 6 heteroatoms. The second-order valence-electron chi connectivity index (χ2n) is 4.62. The maximum atomic E-state index is 11.9. The van der Waals surface area contributed by atoms with E-state index in [0.29, 0.717) is 24.4 Å². The molecule has 0 aromatic carbocycles. The van der Waals surface area contributed by atoms with E-state index in [-0.39, 0.29) is 5.91 Å². The lowest BCUT2D eigenvalue weighted by molar-refractivity contribution is -0.0604. The van der Waals surface area contributed by atoms with E-state index in [4.69, 9.17) is 0 Å². The number of carbonyl (C=O) groups is 1. The van der Waals surface area contributed by atoms with Gasteiger partial charge in [0.2, 0.25) is 0 Å². The molecule has 0 bridgehead atoms. The molecule has 0 atom stereocenters. The summed E-state index contributed by atoms with van der Waals surface area (Å²) in [5, 5.41) is 10.2. The Kier molecular flexibility index (Phi) is 4.37. The van der Waals surface area contributed by atoms with Crippen LogP contribution in [0.4, 0.5) is 0 Å². The van der Waals surface area contributed by atoms with E-state index in [1.165, 1.54) is 0 Å². The largest absolute Gasteiger partial charge is 0.346 e. The minimum absolute atomic E-state index is 0.325. The Morgan fingerprint density at radius 2 is 2.05 bits per heavy atom. The summed E-state index contributed by atoms with van der Waals surface area (Å²) in [6.45, 7) is 6.15. The molecular formula is C15H20N4O2. The Morgan fingerprint density at radius 1 is 1.33 bits per heavy atom. The van der Waals surface area contributed by atoms with Crippen molar-refractivity contribution in [1.82, 2.24) is 19.6 Å². The van der Waals surface area contributed by atoms with Gasteiger partial charge in [-0.3, -0.25) is 10.0 Å². The summed E-state index contributed by atoms with van der Waals surface area (Å²) < 4.78 is 1.96. The lowest BCUT2D eigenvalue weighted by atomic mass is 10.1. The average molecular weight is 288 g/mol. The SMILES string of the molecule is CC.Cc1nccc(-c2cc3c(n2C)CCN(O)C3=O)n1. The molecule has 3 rings (SSSR count). The Bertz CT molecular complexity index is 664. The summed E-state index contributed by atoms with van der Waals surface area (Å²) >= 11 is 0. The fourth-order valence-electron chi connectivity index (χ4n) is 2.43. The van der Waals surface area contributed by atoms with Gasteiger partial charge in [-0.15, -0.1) is 0 Å². The molecule has 6 nitrogen and oxygen atoms in total. The first-order valence-electron chi connectivity index (χ1n) is 7.07. The molecule has 2 aromatic rings. The number of amides is 1. The van der Waals surface area contributed by atoms with E-state index in [1.54, 1.807) is 12.3 Å². The summed E-state index contributed by atoms with van der Waals surface area (Å²) in [4.78, 5) is 20.4. The monoisotopic (exact) mass is 288 g/mol. The standard InChI is InChI=1S/C13H14N4O2.C2H6/c1-8-14-5-3-10(15-8)12-7-9-11(16(12)2)4-6-17(19)13(9)18;1-2/h3,5,7,19H,4,6H2,1-2H3;1-2H3. The normalized spacial score (nSPS) is 13.6. The zero-order chi connectivity index (χ0) is 15.6. The molecule has 3 heterocycles. The highest BCUT2D eigenvalue weighted by Crippen LogP contribution is 2.27. The summed E-state index contributed by atoms with van der Waals surface area (Å²) in [7, 11) is 1.91. The van der Waals surface area contributed by atoms with Crippen LogP contribution in [0.5, 0.6) is 0 Å². The van der Waals surface area contributed by atoms with Gasteiger partial charge in [0.05, 0.1) is 23.5 Å². The number of fused-ring (bicyclic) bond motifs is 1. The van der Waals surface area contributed by atoms with E-state index in [2.05, 4.69) is 9.97 Å². The van der Waals surface area contributed by atoms with Crippen molar-refractivity contribution in [3.8, 4) is 11.4 Å². The third kappa shape index (κ3) is 2.67. The molecule has 21 heavy (non-hydrogen) atoms. The molecule has 0 saturated carbocycles. The number of hydrogen-bond acceptors (Lipinski definition) is 4. The highest BCUT2D eigenvalue weighted by atomic mass is 16.5. The van der Waals surface area contributed by atoms with Crippen molar-refractivity contribution in [2.45, 2.75) is 27.2 Å². The number of hydroxylamine groups is 2. The molecule has 0 spiro atoms. The number of rotatable bonds is 1. The first-order valence-corrected chi connectivity index (χ1v) is 7.07. The predicted octanol–water partition coefficient (Wildman–Crippen LogP) is 2.20. The van der Waals surface area contributed by atoms with Crippen LogP contribution in [0.2, 0.25) is 0 Å². The van der Waals surface area contributed by atoms with Crippen molar-refractivity contribution < 1.29 is 10.0 Å². The van der Waals surface area contributed by atoms with Gasteiger partial charge in [0.1, 0.15) is 5.82 Å². The topological polar surface area (TPSA) is 71.2 Å². The fraction of sp³-hybridized carbons (Fsp3) is 0.400. The Morgan fingerprint density at radius 3 is 2.71 bits per heavy atom. The Balaban J connectivity index is 0.000000774. The summed E-state index contributed by atoms with van der Waals surface area (Å²) in [6, 6.07) is 3.59. The van der Waals surface area contributed by atoms with E-state index in [9.17, 15) is 10.0 Å². The van der Waals surface area contributed by atoms with Crippen LogP contribution in [0.25, 0.3) is 11.4 Å². The predicted molar refractivity (Wildman–Crippen MR) is 79.1 cm³/mol. The van der Waals surface area contributed by atoms with Crippen LogP contribution in [-0.2, 0) is 13.5 Å². The van der Waals surface area contributed by atoms with Crippen LogP contribution in [0.3, 0.4) is 0 Å². The summed E-state index contributed by atoms with van der Waals surface area (Å²) in [5.74, 6) is 0.334. The van der Waals surface area contributed by atoms with Crippen molar-refractivity contribution >= 4 is 5.91 Å². The molecule has 0 aliphatic carbocycles. The molecule has 1 amide bonds. The van der Waals surface area contributed by atoms with Gasteiger partial charge in [-0.2, -0.15) is 0 Å². The van der Waals surface area contributed by atoms with Crippen molar-refractivity contribution in [3.05, 3.63) is 35.4 Å². The number of hydrogen-bond donors (Lipinski definition) is 1. The number of carbonyl (C=O) groups excluding carboxylic acids is 1. The minimum Gasteiger partial charge on any atom is -0.346 e. The molecule has 1 aliphatic heterocycles. The van der Waals surface area contributed by atoms with Crippen LogP contribution in [0.1, 0.15) is 35.7 Å². The Hall–Kier alpha value is -2.21. The van der Waals surface area contributed by atoms with Gasteiger partial charge in [0.15, 0.2) is 0 Å². The quantitative estimate of drug-likeness (QED) is 0.817. The van der Waals surface area contributed by atoms with Gasteiger partial charge >= 0.3 is 0 Å². The summed E-state index contributed by atoms with van der Waals surface area (Å²) in [5.41, 5.74) is 3.12. The zero-order valence-electron chi connectivity index (χ0n) is 12.8. The van der Waals surface area contributed by atoms with Gasteiger partial charge in [0, 0.05) is 25.4 Å². The fourth-order valence-corrected chi connectivity index (χ4v) is 2.43. The van der Waals surface area contributed by atoms with Crippen LogP contribution in [0, 0.1) is 6.92 Å². The van der Waals surface area contributed by atoms with Gasteiger partial charge < -0.3 is 4.57 Å². The molecule has 112 valence electrons. The van der Waals surface area contributed by atoms with Gasteiger partial charge in [-0.05, 0) is 19.1 Å². The van der Waals surface area contributed by atoms with E-state index in [0.717, 1.165) is 22.1 Å². The van der Waals surface area contributed by atoms with E-state index in [1.807, 2.05) is 38.5 Å². The highest BCUT2D eigenvalue weighted by molar-refractivity contribution is 5.97. The molecule has 1 aliphatic rings. The van der Waals surface area contributed by atoms with Crippen LogP contribution >= 0.6 is 0 Å². The minimum atomic E-state index is -0.353. The first-order chi connectivity index (χ1) is 10.1. The van der Waals surface area contributed by atoms with Crippen molar-refractivity contribution in [2.75, 3.05) is 6.54 Å². The van der Waals surface area contributed by atoms with Crippen molar-refractivity contribution in [1.29, 1.82) is 0 Å². The lowest BCUT2D eigenvalue weighted by Crippen LogP contribution is -2.34. The van der Waals surface area contributed by atoms with Crippen molar-refractivity contribution in [2.24, 2.45) is 7.05 Å². The smallest absolute Gasteiger partial charge is 0.279 e. The van der Waals surface area contributed by atoms with Crippen molar-refractivity contribution in [3.63, 3.8) is 0 Å². The van der Waals surface area contributed by atoms with Gasteiger partial charge in [-0.25, -0.2) is 15.0 Å². The third-order valence-corrected chi connectivity index (χ3v) is 3.42. The molecule has 0 fully saturated rings. The molecule has 0 saturated heterocycles. The maximum absolute atomic E-state index is 11.9. The second-order valence-corrected chi connectivity index (χ2v) is 4.62. The molecule has 1 N–H and O–H groups in total. The Labute approximate surface area is 124 Å². The molecule has 0 unspecified atom stereocenters. The summed E-state index contributed by atoms with van der Waals surface area (Å²) in [6.07, 6.45) is 2.34. The highest BCUT2D eigenvalue weighted by Gasteiger charge is 2.27. The maximum Gasteiger partial charge on any atom is 0.279 e. The van der Waals surface area contributed by atoms with Crippen LogP contribution in [0.15, 0.2) is 18.3 Å². The van der Waals surface area contributed by atoms with Gasteiger partial charge in [-0.1, -0.05) is 13.8 Å². The van der Waals surface area contributed by atoms with Crippen LogP contribution < -0.4 is 0 Å². The van der Waals surface area contributed by atoms with Gasteiger partial charge in [0.25, 0.3) is 5.91 Å². The number of aryl methyl sites for hydroxylation is 1.